The maximum atomic E-state index is 10.4. The Balaban J connectivity index is 1.43. The molecule has 2 heterocycles. The number of ether oxygens (including phenoxy) is 1. The van der Waals surface area contributed by atoms with E-state index < -0.39 is 6.10 Å². The van der Waals surface area contributed by atoms with E-state index in [-0.39, 0.29) is 6.61 Å². The van der Waals surface area contributed by atoms with E-state index in [1.807, 2.05) is 72.4 Å². The number of furan rings is 1. The molecule has 1 N–H and O–H groups in total. The Morgan fingerprint density at radius 3 is 2.48 bits per heavy atom. The second-order valence-corrected chi connectivity index (χ2v) is 7.59. The highest BCUT2D eigenvalue weighted by Gasteiger charge is 2.16. The van der Waals surface area contributed by atoms with Crippen LogP contribution in [0.1, 0.15) is 11.3 Å². The second kappa shape index (κ2) is 10.2. The normalized spacial score (nSPS) is 12.4. The van der Waals surface area contributed by atoms with Gasteiger partial charge in [-0.3, -0.25) is 4.90 Å². The van der Waals surface area contributed by atoms with Crippen LogP contribution in [-0.2, 0) is 17.9 Å². The van der Waals surface area contributed by atoms with E-state index in [4.69, 9.17) is 14.3 Å². The molecule has 31 heavy (non-hydrogen) atoms. The predicted molar refractivity (Wildman–Crippen MR) is 120 cm³/mol. The van der Waals surface area contributed by atoms with Crippen molar-refractivity contribution in [2.45, 2.75) is 19.3 Å². The summed E-state index contributed by atoms with van der Waals surface area (Å²) in [7, 11) is 1.99. The van der Waals surface area contributed by atoms with Crippen LogP contribution in [0.2, 0.25) is 0 Å². The lowest BCUT2D eigenvalue weighted by Crippen LogP contribution is -2.31. The fraction of sp³-hybridized carbons (Fsp3) is 0.240. The Labute approximate surface area is 182 Å². The number of aliphatic hydroxyl groups is 1. The van der Waals surface area contributed by atoms with Crippen molar-refractivity contribution in [3.63, 3.8) is 0 Å². The van der Waals surface area contributed by atoms with Gasteiger partial charge in [0.05, 0.1) is 30.4 Å². The smallest absolute Gasteiger partial charge is 0.129 e. The van der Waals surface area contributed by atoms with E-state index in [0.29, 0.717) is 19.7 Å². The van der Waals surface area contributed by atoms with Crippen LogP contribution in [0.15, 0.2) is 89.7 Å². The highest BCUT2D eigenvalue weighted by molar-refractivity contribution is 5.63. The molecule has 2 aromatic carbocycles. The SMILES string of the molecule is CN(Cc1cn(-c2ccccc2)nc1-c1ccccc1)CC(O)COCc1ccco1. The number of hydrogen-bond acceptors (Lipinski definition) is 5. The molecule has 4 aromatic rings. The number of likely N-dealkylation sites (N-methyl/N-ethyl adjacent to an activating group) is 1. The fourth-order valence-corrected chi connectivity index (χ4v) is 3.54. The molecule has 160 valence electrons. The molecule has 0 saturated heterocycles. The maximum Gasteiger partial charge on any atom is 0.129 e. The van der Waals surface area contributed by atoms with Crippen molar-refractivity contribution < 1.29 is 14.3 Å². The largest absolute Gasteiger partial charge is 0.467 e. The Kier molecular flexibility index (Phi) is 6.94. The average Bonchev–Trinajstić information content (AvgIpc) is 3.45. The molecule has 0 spiro atoms. The Bertz CT molecular complexity index is 1050. The van der Waals surface area contributed by atoms with Crippen LogP contribution in [0.4, 0.5) is 0 Å². The number of hydrogen-bond donors (Lipinski definition) is 1. The monoisotopic (exact) mass is 417 g/mol. The van der Waals surface area contributed by atoms with E-state index >= 15 is 0 Å². The summed E-state index contributed by atoms with van der Waals surface area (Å²) in [6.45, 7) is 1.75. The van der Waals surface area contributed by atoms with E-state index in [1.165, 1.54) is 0 Å². The van der Waals surface area contributed by atoms with Crippen molar-refractivity contribution in [2.75, 3.05) is 20.2 Å². The van der Waals surface area contributed by atoms with Crippen LogP contribution in [0, 0.1) is 0 Å². The van der Waals surface area contributed by atoms with Crippen molar-refractivity contribution in [3.05, 3.63) is 96.6 Å². The number of rotatable bonds is 10. The van der Waals surface area contributed by atoms with E-state index in [0.717, 1.165) is 28.3 Å². The van der Waals surface area contributed by atoms with E-state index in [1.54, 1.807) is 6.26 Å². The molecule has 0 fully saturated rings. The van der Waals surface area contributed by atoms with Crippen molar-refractivity contribution in [2.24, 2.45) is 0 Å². The van der Waals surface area contributed by atoms with Gasteiger partial charge in [0.25, 0.3) is 0 Å². The summed E-state index contributed by atoms with van der Waals surface area (Å²) in [5.74, 6) is 0.751. The molecule has 0 saturated carbocycles. The second-order valence-electron chi connectivity index (χ2n) is 7.59. The number of aliphatic hydroxyl groups excluding tert-OH is 1. The highest BCUT2D eigenvalue weighted by atomic mass is 16.5. The first-order valence-corrected chi connectivity index (χ1v) is 10.3. The summed E-state index contributed by atoms with van der Waals surface area (Å²) in [5.41, 5.74) is 4.13. The Hall–Kier alpha value is -3.19. The lowest BCUT2D eigenvalue weighted by Gasteiger charge is -2.20. The third-order valence-corrected chi connectivity index (χ3v) is 4.96. The maximum absolute atomic E-state index is 10.4. The van der Waals surface area contributed by atoms with E-state index in [9.17, 15) is 5.11 Å². The predicted octanol–water partition coefficient (Wildman–Crippen LogP) is 4.14. The molecular formula is C25H27N3O3. The van der Waals surface area contributed by atoms with Crippen LogP contribution in [0.5, 0.6) is 0 Å². The van der Waals surface area contributed by atoms with Crippen LogP contribution in [0.25, 0.3) is 16.9 Å². The Morgan fingerprint density at radius 2 is 1.77 bits per heavy atom. The summed E-state index contributed by atoms with van der Waals surface area (Å²) in [6.07, 6.45) is 3.08. The molecule has 0 aliphatic rings. The van der Waals surface area contributed by atoms with Gasteiger partial charge < -0.3 is 14.3 Å². The molecular weight excluding hydrogens is 390 g/mol. The molecule has 0 radical (unpaired) electrons. The zero-order valence-corrected chi connectivity index (χ0v) is 17.6. The van der Waals surface area contributed by atoms with Gasteiger partial charge in [-0.1, -0.05) is 48.5 Å². The number of aromatic nitrogens is 2. The average molecular weight is 418 g/mol. The zero-order chi connectivity index (χ0) is 21.5. The lowest BCUT2D eigenvalue weighted by atomic mass is 10.1. The summed E-state index contributed by atoms with van der Waals surface area (Å²) in [6, 6.07) is 23.9. The van der Waals surface area contributed by atoms with Gasteiger partial charge in [0.2, 0.25) is 0 Å². The van der Waals surface area contributed by atoms with Gasteiger partial charge in [-0.05, 0) is 31.3 Å². The minimum absolute atomic E-state index is 0.250. The molecule has 1 unspecified atom stereocenters. The van der Waals surface area contributed by atoms with Crippen LogP contribution in [0.3, 0.4) is 0 Å². The van der Waals surface area contributed by atoms with Gasteiger partial charge in [0.15, 0.2) is 0 Å². The topological polar surface area (TPSA) is 63.7 Å². The van der Waals surface area contributed by atoms with Gasteiger partial charge in [-0.2, -0.15) is 5.10 Å². The standard InChI is InChI=1S/C25H27N3O3/c1-27(17-23(29)18-30-19-24-13-8-14-31-24)15-21-16-28(22-11-6-3-7-12-22)26-25(21)20-9-4-2-5-10-20/h2-14,16,23,29H,15,17-19H2,1H3. The first-order chi connectivity index (χ1) is 15.2. The minimum atomic E-state index is -0.593. The van der Waals surface area contributed by atoms with Gasteiger partial charge in [-0.15, -0.1) is 0 Å². The van der Waals surface area contributed by atoms with Crippen molar-refractivity contribution in [1.29, 1.82) is 0 Å². The molecule has 6 nitrogen and oxygen atoms in total. The van der Waals surface area contributed by atoms with Gasteiger partial charge >= 0.3 is 0 Å². The molecule has 0 bridgehead atoms. The van der Waals surface area contributed by atoms with Crippen molar-refractivity contribution in [3.8, 4) is 16.9 Å². The first-order valence-electron chi connectivity index (χ1n) is 10.3. The molecule has 6 heteroatoms. The first kappa shape index (κ1) is 21.1. The molecule has 1 atom stereocenters. The lowest BCUT2D eigenvalue weighted by molar-refractivity contribution is 0.00770. The molecule has 0 amide bonds. The fourth-order valence-electron chi connectivity index (χ4n) is 3.54. The number of benzene rings is 2. The molecule has 2 aromatic heterocycles. The summed E-state index contributed by atoms with van der Waals surface area (Å²) < 4.78 is 12.7. The van der Waals surface area contributed by atoms with Gasteiger partial charge in [-0.25, -0.2) is 4.68 Å². The Morgan fingerprint density at radius 1 is 1.03 bits per heavy atom. The minimum Gasteiger partial charge on any atom is -0.467 e. The zero-order valence-electron chi connectivity index (χ0n) is 17.6. The van der Waals surface area contributed by atoms with Crippen molar-refractivity contribution >= 4 is 0 Å². The van der Waals surface area contributed by atoms with Gasteiger partial charge in [0, 0.05) is 30.4 Å². The summed E-state index contributed by atoms with van der Waals surface area (Å²) >= 11 is 0. The highest BCUT2D eigenvalue weighted by Crippen LogP contribution is 2.24. The van der Waals surface area contributed by atoms with E-state index in [2.05, 4.69) is 23.2 Å². The molecule has 0 aliphatic carbocycles. The summed E-state index contributed by atoms with van der Waals surface area (Å²) in [4.78, 5) is 2.08. The molecule has 0 aliphatic heterocycles. The van der Waals surface area contributed by atoms with Crippen molar-refractivity contribution in [1.82, 2.24) is 14.7 Å². The van der Waals surface area contributed by atoms with Crippen LogP contribution in [-0.4, -0.2) is 46.1 Å². The van der Waals surface area contributed by atoms with Gasteiger partial charge in [0.1, 0.15) is 12.4 Å². The van der Waals surface area contributed by atoms with Crippen LogP contribution < -0.4 is 0 Å². The van der Waals surface area contributed by atoms with Crippen LogP contribution >= 0.6 is 0 Å². The quantitative estimate of drug-likeness (QED) is 0.420. The molecule has 4 rings (SSSR count). The third kappa shape index (κ3) is 5.70. The number of para-hydroxylation sites is 1. The number of nitrogens with zero attached hydrogens (tertiary/aromatic N) is 3. The summed E-state index contributed by atoms with van der Waals surface area (Å²) in [5, 5.41) is 15.2. The third-order valence-electron chi connectivity index (χ3n) is 4.96.